The van der Waals surface area contributed by atoms with Crippen molar-refractivity contribution < 1.29 is 9.53 Å². The summed E-state index contributed by atoms with van der Waals surface area (Å²) in [6.07, 6.45) is 0. The van der Waals surface area contributed by atoms with E-state index in [4.69, 9.17) is 22.1 Å². The fourth-order valence-electron chi connectivity index (χ4n) is 2.64. The molecule has 1 heterocycles. The van der Waals surface area contributed by atoms with E-state index in [0.29, 0.717) is 25.4 Å². The molecule has 1 aromatic carbocycles. The lowest BCUT2D eigenvalue weighted by Gasteiger charge is -2.34. The first kappa shape index (κ1) is 17.8. The van der Waals surface area contributed by atoms with Crippen LogP contribution in [0.1, 0.15) is 11.1 Å². The van der Waals surface area contributed by atoms with E-state index < -0.39 is 0 Å². The largest absolute Gasteiger partial charge is 0.473 e. The molecule has 0 atom stereocenters. The summed E-state index contributed by atoms with van der Waals surface area (Å²) < 4.78 is 5.60. The van der Waals surface area contributed by atoms with E-state index in [1.165, 1.54) is 0 Å². The van der Waals surface area contributed by atoms with Gasteiger partial charge in [0.05, 0.1) is 0 Å². The molecule has 0 aromatic heterocycles. The average Bonchev–Trinajstić information content (AvgIpc) is 2.53. The lowest BCUT2D eigenvalue weighted by atomic mass is 10.1. The summed E-state index contributed by atoms with van der Waals surface area (Å²) in [6.45, 7) is 8.69. The Kier molecular flexibility index (Phi) is 6.50. The summed E-state index contributed by atoms with van der Waals surface area (Å²) in [5, 5.41) is 3.54. The van der Waals surface area contributed by atoms with Gasteiger partial charge in [-0.1, -0.05) is 11.6 Å². The van der Waals surface area contributed by atoms with Crippen LogP contribution in [0, 0.1) is 13.8 Å². The van der Waals surface area contributed by atoms with E-state index in [2.05, 4.69) is 10.2 Å². The number of carbonyl (C=O) groups is 1. The standard InChI is InChI=1S/C16H25ClN4O2/c1-12-9-14(10-13(2)15(12)17)23-11-19-16(22)21-7-5-20(4-3-18)6-8-21/h9-10H,3-8,11,18H2,1-2H3,(H,19,22). The van der Waals surface area contributed by atoms with Gasteiger partial charge in [0.1, 0.15) is 5.75 Å². The van der Waals surface area contributed by atoms with Gasteiger partial charge in [-0.15, -0.1) is 0 Å². The Morgan fingerprint density at radius 1 is 1.26 bits per heavy atom. The number of halogens is 1. The minimum Gasteiger partial charge on any atom is -0.473 e. The third kappa shape index (κ3) is 4.99. The minimum atomic E-state index is -0.0974. The maximum absolute atomic E-state index is 12.1. The molecule has 23 heavy (non-hydrogen) atoms. The first-order valence-corrected chi connectivity index (χ1v) is 8.24. The molecule has 1 aromatic rings. The number of hydrogen-bond donors (Lipinski definition) is 2. The van der Waals surface area contributed by atoms with Gasteiger partial charge in [0.25, 0.3) is 0 Å². The van der Waals surface area contributed by atoms with Gasteiger partial charge in [0.15, 0.2) is 6.73 Å². The summed E-state index contributed by atoms with van der Waals surface area (Å²) in [6, 6.07) is 3.64. The molecule has 1 aliphatic heterocycles. The number of aryl methyl sites for hydroxylation is 2. The van der Waals surface area contributed by atoms with E-state index in [0.717, 1.165) is 35.8 Å². The van der Waals surface area contributed by atoms with Crippen LogP contribution in [0.3, 0.4) is 0 Å². The number of piperazine rings is 1. The molecular weight excluding hydrogens is 316 g/mol. The smallest absolute Gasteiger partial charge is 0.320 e. The summed E-state index contributed by atoms with van der Waals surface area (Å²) in [4.78, 5) is 16.2. The molecule has 0 unspecified atom stereocenters. The van der Waals surface area contributed by atoms with Crippen molar-refractivity contribution in [1.29, 1.82) is 0 Å². The number of nitrogens with zero attached hydrogens (tertiary/aromatic N) is 2. The predicted molar refractivity (Wildman–Crippen MR) is 92.0 cm³/mol. The highest BCUT2D eigenvalue weighted by Gasteiger charge is 2.20. The Morgan fingerprint density at radius 2 is 1.87 bits per heavy atom. The fourth-order valence-corrected chi connectivity index (χ4v) is 2.75. The summed E-state index contributed by atoms with van der Waals surface area (Å²) in [5.74, 6) is 0.706. The van der Waals surface area contributed by atoms with Gasteiger partial charge < -0.3 is 20.7 Å². The van der Waals surface area contributed by atoms with Crippen LogP contribution in [0.15, 0.2) is 12.1 Å². The molecule has 2 amide bonds. The second kappa shape index (κ2) is 8.38. The van der Waals surface area contributed by atoms with Crippen LogP contribution < -0.4 is 15.8 Å². The van der Waals surface area contributed by atoms with Gasteiger partial charge in [-0.05, 0) is 37.1 Å². The first-order valence-electron chi connectivity index (χ1n) is 7.86. The number of nitrogens with two attached hydrogens (primary N) is 1. The van der Waals surface area contributed by atoms with Crippen LogP contribution in [-0.2, 0) is 0 Å². The molecule has 0 spiro atoms. The highest BCUT2D eigenvalue weighted by molar-refractivity contribution is 6.32. The molecule has 3 N–H and O–H groups in total. The second-order valence-corrected chi connectivity index (χ2v) is 6.14. The number of rotatable bonds is 5. The van der Waals surface area contributed by atoms with Crippen molar-refractivity contribution >= 4 is 17.6 Å². The lowest BCUT2D eigenvalue weighted by molar-refractivity contribution is 0.135. The van der Waals surface area contributed by atoms with Crippen molar-refractivity contribution in [3.8, 4) is 5.75 Å². The highest BCUT2D eigenvalue weighted by atomic mass is 35.5. The van der Waals surface area contributed by atoms with E-state index >= 15 is 0 Å². The van der Waals surface area contributed by atoms with Gasteiger partial charge in [-0.3, -0.25) is 4.90 Å². The SMILES string of the molecule is Cc1cc(OCNC(=O)N2CCN(CCN)CC2)cc(C)c1Cl. The zero-order valence-corrected chi connectivity index (χ0v) is 14.5. The third-order valence-electron chi connectivity index (χ3n) is 3.98. The second-order valence-electron chi connectivity index (χ2n) is 5.76. The topological polar surface area (TPSA) is 70.8 Å². The Bertz CT molecular complexity index is 522. The first-order chi connectivity index (χ1) is 11.0. The average molecular weight is 341 g/mol. The van der Waals surface area contributed by atoms with Crippen molar-refractivity contribution in [2.45, 2.75) is 13.8 Å². The van der Waals surface area contributed by atoms with Crippen LogP contribution in [-0.4, -0.2) is 61.8 Å². The zero-order chi connectivity index (χ0) is 16.8. The molecule has 128 valence electrons. The van der Waals surface area contributed by atoms with Crippen molar-refractivity contribution in [2.24, 2.45) is 5.73 Å². The van der Waals surface area contributed by atoms with Gasteiger partial charge in [0.2, 0.25) is 0 Å². The monoisotopic (exact) mass is 340 g/mol. The third-order valence-corrected chi connectivity index (χ3v) is 4.57. The molecule has 0 bridgehead atoms. The van der Waals surface area contributed by atoms with Gasteiger partial charge in [0, 0.05) is 44.3 Å². The molecule has 2 rings (SSSR count). The van der Waals surface area contributed by atoms with E-state index in [9.17, 15) is 4.79 Å². The number of benzene rings is 1. The Balaban J connectivity index is 1.75. The molecule has 1 saturated heterocycles. The fraction of sp³-hybridized carbons (Fsp3) is 0.562. The number of hydrogen-bond acceptors (Lipinski definition) is 4. The molecule has 0 radical (unpaired) electrons. The van der Waals surface area contributed by atoms with Gasteiger partial charge in [-0.25, -0.2) is 4.79 Å². The maximum Gasteiger partial charge on any atom is 0.320 e. The van der Waals surface area contributed by atoms with E-state index in [1.807, 2.05) is 26.0 Å². The summed E-state index contributed by atoms with van der Waals surface area (Å²) in [7, 11) is 0. The van der Waals surface area contributed by atoms with Gasteiger partial charge >= 0.3 is 6.03 Å². The quantitative estimate of drug-likeness (QED) is 0.798. The maximum atomic E-state index is 12.1. The van der Waals surface area contributed by atoms with Crippen LogP contribution in [0.4, 0.5) is 4.79 Å². The number of nitrogens with one attached hydrogen (secondary N) is 1. The molecule has 7 heteroatoms. The number of carbonyl (C=O) groups excluding carboxylic acids is 1. The van der Waals surface area contributed by atoms with Crippen LogP contribution in [0.2, 0.25) is 5.02 Å². The van der Waals surface area contributed by atoms with Crippen LogP contribution in [0.25, 0.3) is 0 Å². The van der Waals surface area contributed by atoms with Crippen molar-refractivity contribution in [1.82, 2.24) is 15.1 Å². The number of ether oxygens (including phenoxy) is 1. The summed E-state index contributed by atoms with van der Waals surface area (Å²) in [5.41, 5.74) is 7.47. The molecular formula is C16H25ClN4O2. The van der Waals surface area contributed by atoms with E-state index in [-0.39, 0.29) is 12.8 Å². The lowest BCUT2D eigenvalue weighted by Crippen LogP contribution is -2.52. The molecule has 0 saturated carbocycles. The van der Waals surface area contributed by atoms with E-state index in [1.54, 1.807) is 4.90 Å². The normalized spacial score (nSPS) is 15.6. The molecule has 1 aliphatic rings. The highest BCUT2D eigenvalue weighted by Crippen LogP contribution is 2.25. The predicted octanol–water partition coefficient (Wildman–Crippen LogP) is 1.58. The molecule has 6 nitrogen and oxygen atoms in total. The van der Waals surface area contributed by atoms with Gasteiger partial charge in [-0.2, -0.15) is 0 Å². The molecule has 0 aliphatic carbocycles. The van der Waals surface area contributed by atoms with Crippen LogP contribution in [0.5, 0.6) is 5.75 Å². The number of amides is 2. The van der Waals surface area contributed by atoms with Crippen molar-refractivity contribution in [3.63, 3.8) is 0 Å². The minimum absolute atomic E-state index is 0.0974. The Morgan fingerprint density at radius 3 is 2.43 bits per heavy atom. The zero-order valence-electron chi connectivity index (χ0n) is 13.8. The molecule has 1 fully saturated rings. The summed E-state index contributed by atoms with van der Waals surface area (Å²) >= 11 is 6.13. The Hall–Kier alpha value is -1.50. The Labute approximate surface area is 142 Å². The van der Waals surface area contributed by atoms with Crippen molar-refractivity contribution in [3.05, 3.63) is 28.3 Å². The number of urea groups is 1. The van der Waals surface area contributed by atoms with Crippen LogP contribution >= 0.6 is 11.6 Å². The van der Waals surface area contributed by atoms with Crippen molar-refractivity contribution in [2.75, 3.05) is 46.0 Å².